The number of benzene rings is 1. The molecule has 0 aliphatic carbocycles. The lowest BCUT2D eigenvalue weighted by Gasteiger charge is -2.14. The number of nitrogens with zero attached hydrogens (tertiary/aromatic N) is 3. The topological polar surface area (TPSA) is 89.7 Å². The normalized spacial score (nSPS) is 11.2. The Hall–Kier alpha value is -2.28. The summed E-state index contributed by atoms with van der Waals surface area (Å²) in [5.74, 6) is 0.685. The van der Waals surface area contributed by atoms with Gasteiger partial charge in [0, 0.05) is 4.90 Å². The van der Waals surface area contributed by atoms with Crippen molar-refractivity contribution in [1.29, 1.82) is 0 Å². The second-order valence-electron chi connectivity index (χ2n) is 4.72. The number of imidazole rings is 1. The SMILES string of the molecule is CC(C)Oc1cccc(Sc2ncnc3nc[nH]c23)c1N. The van der Waals surface area contributed by atoms with Gasteiger partial charge >= 0.3 is 0 Å². The van der Waals surface area contributed by atoms with Gasteiger partial charge in [-0.2, -0.15) is 0 Å². The van der Waals surface area contributed by atoms with E-state index in [0.717, 1.165) is 15.4 Å². The van der Waals surface area contributed by atoms with Gasteiger partial charge in [-0.3, -0.25) is 0 Å². The Labute approximate surface area is 126 Å². The number of fused-ring (bicyclic) bond motifs is 1. The van der Waals surface area contributed by atoms with E-state index in [-0.39, 0.29) is 6.10 Å². The summed E-state index contributed by atoms with van der Waals surface area (Å²) in [6, 6.07) is 5.73. The summed E-state index contributed by atoms with van der Waals surface area (Å²) in [7, 11) is 0. The summed E-state index contributed by atoms with van der Waals surface area (Å²) in [5.41, 5.74) is 8.24. The highest BCUT2D eigenvalue weighted by Gasteiger charge is 2.12. The highest BCUT2D eigenvalue weighted by atomic mass is 32.2. The van der Waals surface area contributed by atoms with Crippen molar-refractivity contribution >= 4 is 28.6 Å². The van der Waals surface area contributed by atoms with Crippen LogP contribution in [0.5, 0.6) is 5.75 Å². The van der Waals surface area contributed by atoms with E-state index < -0.39 is 0 Å². The van der Waals surface area contributed by atoms with Gasteiger partial charge in [0.05, 0.1) is 18.1 Å². The first-order chi connectivity index (χ1) is 10.1. The van der Waals surface area contributed by atoms with Crippen molar-refractivity contribution in [2.45, 2.75) is 29.9 Å². The predicted octanol–water partition coefficient (Wildman–Crippen LogP) is 2.87. The van der Waals surface area contributed by atoms with Crippen molar-refractivity contribution < 1.29 is 4.74 Å². The summed E-state index contributed by atoms with van der Waals surface area (Å²) < 4.78 is 5.70. The molecule has 0 spiro atoms. The van der Waals surface area contributed by atoms with Crippen molar-refractivity contribution in [3.63, 3.8) is 0 Å². The van der Waals surface area contributed by atoms with Gasteiger partial charge in [-0.15, -0.1) is 0 Å². The smallest absolute Gasteiger partial charge is 0.181 e. The lowest BCUT2D eigenvalue weighted by Crippen LogP contribution is -2.07. The minimum absolute atomic E-state index is 0.0749. The fraction of sp³-hybridized carbons (Fsp3) is 0.214. The average molecular weight is 301 g/mol. The molecule has 6 nitrogen and oxygen atoms in total. The Balaban J connectivity index is 1.96. The van der Waals surface area contributed by atoms with Crippen LogP contribution < -0.4 is 10.5 Å². The standard InChI is InChI=1S/C14H15N5OS/c1-8(2)20-9-4-3-5-10(11(9)15)21-14-12-13(17-6-16-12)18-7-19-14/h3-8H,15H2,1-2H3,(H,16,17,18,19). The Morgan fingerprint density at radius 3 is 2.90 bits per heavy atom. The van der Waals surface area contributed by atoms with Crippen molar-refractivity contribution in [3.05, 3.63) is 30.9 Å². The molecule has 0 saturated heterocycles. The minimum Gasteiger partial charge on any atom is -0.489 e. The second-order valence-corrected chi connectivity index (χ2v) is 5.75. The minimum atomic E-state index is 0.0749. The van der Waals surface area contributed by atoms with Gasteiger partial charge in [0.2, 0.25) is 0 Å². The first-order valence-corrected chi connectivity index (χ1v) is 7.34. The molecule has 7 heteroatoms. The first-order valence-electron chi connectivity index (χ1n) is 6.52. The number of hydrogen-bond acceptors (Lipinski definition) is 6. The van der Waals surface area contributed by atoms with Crippen LogP contribution >= 0.6 is 11.8 Å². The van der Waals surface area contributed by atoms with E-state index >= 15 is 0 Å². The van der Waals surface area contributed by atoms with Gasteiger partial charge in [-0.05, 0) is 26.0 Å². The van der Waals surface area contributed by atoms with Gasteiger partial charge in [0.25, 0.3) is 0 Å². The molecule has 0 aliphatic rings. The lowest BCUT2D eigenvalue weighted by molar-refractivity contribution is 0.243. The zero-order valence-corrected chi connectivity index (χ0v) is 12.5. The molecule has 0 saturated carbocycles. The van der Waals surface area contributed by atoms with Crippen LogP contribution in [-0.4, -0.2) is 26.0 Å². The quantitative estimate of drug-likeness (QED) is 0.569. The van der Waals surface area contributed by atoms with Crippen LogP contribution in [0.4, 0.5) is 5.69 Å². The Bertz CT molecular complexity index is 771. The number of anilines is 1. The van der Waals surface area contributed by atoms with Crippen molar-refractivity contribution in [2.75, 3.05) is 5.73 Å². The number of nitrogens with one attached hydrogen (secondary N) is 1. The summed E-state index contributed by atoms with van der Waals surface area (Å²) >= 11 is 1.46. The Morgan fingerprint density at radius 1 is 1.24 bits per heavy atom. The van der Waals surface area contributed by atoms with Crippen molar-refractivity contribution in [1.82, 2.24) is 19.9 Å². The van der Waals surface area contributed by atoms with Crippen molar-refractivity contribution in [3.8, 4) is 5.75 Å². The highest BCUT2D eigenvalue weighted by Crippen LogP contribution is 2.37. The Kier molecular flexibility index (Phi) is 3.66. The van der Waals surface area contributed by atoms with Crippen LogP contribution in [-0.2, 0) is 0 Å². The molecule has 3 N–H and O–H groups in total. The van der Waals surface area contributed by atoms with Crippen LogP contribution in [0.25, 0.3) is 11.2 Å². The third kappa shape index (κ3) is 2.78. The Morgan fingerprint density at radius 2 is 2.10 bits per heavy atom. The van der Waals surface area contributed by atoms with E-state index in [1.165, 1.54) is 18.1 Å². The van der Waals surface area contributed by atoms with Crippen LogP contribution in [0.2, 0.25) is 0 Å². The molecule has 0 aliphatic heterocycles. The maximum absolute atomic E-state index is 6.18. The third-order valence-electron chi connectivity index (χ3n) is 2.78. The van der Waals surface area contributed by atoms with E-state index in [1.54, 1.807) is 6.33 Å². The number of nitrogen functional groups attached to an aromatic ring is 1. The van der Waals surface area contributed by atoms with E-state index in [4.69, 9.17) is 10.5 Å². The molecule has 1 aromatic carbocycles. The first kappa shape index (κ1) is 13.7. The maximum Gasteiger partial charge on any atom is 0.181 e. The predicted molar refractivity (Wildman–Crippen MR) is 82.4 cm³/mol. The molecule has 0 radical (unpaired) electrons. The molecule has 0 fully saturated rings. The van der Waals surface area contributed by atoms with Crippen LogP contribution in [0, 0.1) is 0 Å². The molecule has 0 unspecified atom stereocenters. The van der Waals surface area contributed by atoms with E-state index in [9.17, 15) is 0 Å². The molecule has 21 heavy (non-hydrogen) atoms. The number of H-pyrrole nitrogens is 1. The molecule has 108 valence electrons. The molecule has 2 heterocycles. The zero-order valence-electron chi connectivity index (χ0n) is 11.7. The van der Waals surface area contributed by atoms with E-state index in [1.807, 2.05) is 32.0 Å². The molecular formula is C14H15N5OS. The average Bonchev–Trinajstić information content (AvgIpc) is 2.92. The van der Waals surface area contributed by atoms with Gasteiger partial charge in [0.15, 0.2) is 5.65 Å². The number of aromatic amines is 1. The zero-order chi connectivity index (χ0) is 14.8. The van der Waals surface area contributed by atoms with Gasteiger partial charge < -0.3 is 15.5 Å². The number of hydrogen-bond donors (Lipinski definition) is 2. The molecule has 3 aromatic rings. The third-order valence-corrected chi connectivity index (χ3v) is 3.86. The van der Waals surface area contributed by atoms with E-state index in [2.05, 4.69) is 19.9 Å². The number of rotatable bonds is 4. The lowest BCUT2D eigenvalue weighted by atomic mass is 10.3. The fourth-order valence-corrected chi connectivity index (χ4v) is 2.81. The molecular weight excluding hydrogens is 286 g/mol. The van der Waals surface area contributed by atoms with Gasteiger partial charge in [-0.25, -0.2) is 15.0 Å². The number of aromatic nitrogens is 4. The monoisotopic (exact) mass is 301 g/mol. The van der Waals surface area contributed by atoms with E-state index in [0.29, 0.717) is 17.1 Å². The highest BCUT2D eigenvalue weighted by molar-refractivity contribution is 7.99. The molecule has 0 amide bonds. The van der Waals surface area contributed by atoms with Crippen molar-refractivity contribution in [2.24, 2.45) is 0 Å². The van der Waals surface area contributed by atoms with Crippen LogP contribution in [0.1, 0.15) is 13.8 Å². The van der Waals surface area contributed by atoms with Gasteiger partial charge in [-0.1, -0.05) is 17.8 Å². The fourth-order valence-electron chi connectivity index (χ4n) is 1.89. The van der Waals surface area contributed by atoms with Crippen LogP contribution in [0.3, 0.4) is 0 Å². The summed E-state index contributed by atoms with van der Waals surface area (Å²) in [6.45, 7) is 3.94. The molecule has 0 bridgehead atoms. The second kappa shape index (κ2) is 5.61. The molecule has 0 atom stereocenters. The molecule has 3 rings (SSSR count). The summed E-state index contributed by atoms with van der Waals surface area (Å²) in [5, 5.41) is 0.783. The summed E-state index contributed by atoms with van der Waals surface area (Å²) in [6.07, 6.45) is 3.17. The summed E-state index contributed by atoms with van der Waals surface area (Å²) in [4.78, 5) is 16.5. The van der Waals surface area contributed by atoms with Gasteiger partial charge in [0.1, 0.15) is 22.6 Å². The van der Waals surface area contributed by atoms with Crippen LogP contribution in [0.15, 0.2) is 40.8 Å². The molecule has 2 aromatic heterocycles. The number of ether oxygens (including phenoxy) is 1. The number of nitrogens with two attached hydrogens (primary N) is 1. The maximum atomic E-state index is 6.18. The number of para-hydroxylation sites is 1. The largest absolute Gasteiger partial charge is 0.489 e.